The minimum atomic E-state index is 0.0245. The quantitative estimate of drug-likeness (QED) is 0.470. The fraction of sp³-hybridized carbons (Fsp3) is 0.222. The van der Waals surface area contributed by atoms with Crippen molar-refractivity contribution in [3.05, 3.63) is 23.8 Å². The van der Waals surface area contributed by atoms with Crippen LogP contribution in [0.15, 0.2) is 23.3 Å². The molecule has 0 amide bonds. The van der Waals surface area contributed by atoms with E-state index in [-0.39, 0.29) is 11.5 Å². The number of hydrogen-bond donors (Lipinski definition) is 3. The minimum absolute atomic E-state index is 0.0245. The van der Waals surface area contributed by atoms with Gasteiger partial charge >= 0.3 is 0 Å². The Morgan fingerprint density at radius 2 is 2.08 bits per heavy atom. The molecule has 0 heterocycles. The third-order valence-corrected chi connectivity index (χ3v) is 1.65. The number of phenolic OH excluding ortho intramolecular Hbond substituents is 2. The minimum Gasteiger partial charge on any atom is -0.508 e. The molecule has 0 unspecified atom stereocenters. The average Bonchev–Trinajstić information content (AvgIpc) is 2.04. The van der Waals surface area contributed by atoms with E-state index in [0.29, 0.717) is 11.3 Å². The highest BCUT2D eigenvalue weighted by atomic mass is 16.3. The number of benzene rings is 1. The summed E-state index contributed by atoms with van der Waals surface area (Å²) >= 11 is 0. The fourth-order valence-electron chi connectivity index (χ4n) is 1.05. The van der Waals surface area contributed by atoms with Crippen LogP contribution in [0, 0.1) is 0 Å². The lowest BCUT2D eigenvalue weighted by atomic mass is 10.1. The molecule has 3 N–H and O–H groups in total. The summed E-state index contributed by atoms with van der Waals surface area (Å²) in [6, 6.07) is 4.40. The zero-order valence-electron chi connectivity index (χ0n) is 7.57. The summed E-state index contributed by atoms with van der Waals surface area (Å²) in [6.45, 7) is 1.77. The molecule has 0 saturated carbocycles. The standard InChI is InChI=1S/C9H12N2O2/c1-6(11-10-2)8-4-3-7(12)5-9(8)13/h3-5,10,12-13H,1-2H3/b11-6+. The van der Waals surface area contributed by atoms with Crippen molar-refractivity contribution in [3.63, 3.8) is 0 Å². The fourth-order valence-corrected chi connectivity index (χ4v) is 1.05. The van der Waals surface area contributed by atoms with Gasteiger partial charge in [-0.3, -0.25) is 0 Å². The third-order valence-electron chi connectivity index (χ3n) is 1.65. The molecule has 13 heavy (non-hydrogen) atoms. The van der Waals surface area contributed by atoms with E-state index < -0.39 is 0 Å². The van der Waals surface area contributed by atoms with E-state index in [1.165, 1.54) is 12.1 Å². The zero-order chi connectivity index (χ0) is 9.84. The van der Waals surface area contributed by atoms with E-state index in [1.807, 2.05) is 0 Å². The largest absolute Gasteiger partial charge is 0.508 e. The molecular formula is C9H12N2O2. The molecule has 0 aliphatic carbocycles. The smallest absolute Gasteiger partial charge is 0.128 e. The first-order chi connectivity index (χ1) is 6.15. The molecule has 1 aromatic carbocycles. The topological polar surface area (TPSA) is 64.9 Å². The number of phenols is 2. The highest BCUT2D eigenvalue weighted by Gasteiger charge is 2.04. The molecule has 0 atom stereocenters. The number of hydrazone groups is 1. The van der Waals surface area contributed by atoms with E-state index in [1.54, 1.807) is 20.0 Å². The average molecular weight is 180 g/mol. The Labute approximate surface area is 76.5 Å². The maximum absolute atomic E-state index is 9.42. The summed E-state index contributed by atoms with van der Waals surface area (Å²) < 4.78 is 0. The Bertz CT molecular complexity index is 334. The summed E-state index contributed by atoms with van der Waals surface area (Å²) in [5.74, 6) is 0.0648. The first-order valence-electron chi connectivity index (χ1n) is 3.88. The van der Waals surface area contributed by atoms with Gasteiger partial charge in [0, 0.05) is 18.7 Å². The summed E-state index contributed by atoms with van der Waals surface area (Å²) in [5.41, 5.74) is 3.89. The zero-order valence-corrected chi connectivity index (χ0v) is 7.57. The molecule has 0 radical (unpaired) electrons. The van der Waals surface area contributed by atoms with Crippen molar-refractivity contribution in [2.24, 2.45) is 5.10 Å². The van der Waals surface area contributed by atoms with Gasteiger partial charge in [-0.15, -0.1) is 0 Å². The Kier molecular flexibility index (Phi) is 2.74. The molecule has 1 aromatic rings. The summed E-state index contributed by atoms with van der Waals surface area (Å²) in [6.07, 6.45) is 0. The van der Waals surface area contributed by atoms with Gasteiger partial charge in [0.15, 0.2) is 0 Å². The molecule has 4 heteroatoms. The molecule has 0 spiro atoms. The van der Waals surface area contributed by atoms with Crippen LogP contribution >= 0.6 is 0 Å². The van der Waals surface area contributed by atoms with Crippen LogP contribution in [0.2, 0.25) is 0 Å². The molecule has 0 saturated heterocycles. The van der Waals surface area contributed by atoms with E-state index >= 15 is 0 Å². The maximum Gasteiger partial charge on any atom is 0.128 e. The molecule has 0 fully saturated rings. The van der Waals surface area contributed by atoms with Crippen molar-refractivity contribution in [1.29, 1.82) is 0 Å². The van der Waals surface area contributed by atoms with Crippen LogP contribution in [0.25, 0.3) is 0 Å². The van der Waals surface area contributed by atoms with Crippen molar-refractivity contribution in [1.82, 2.24) is 5.43 Å². The number of aromatic hydroxyl groups is 2. The van der Waals surface area contributed by atoms with Crippen LogP contribution in [0.3, 0.4) is 0 Å². The molecule has 0 aliphatic heterocycles. The van der Waals surface area contributed by atoms with Gasteiger partial charge < -0.3 is 15.6 Å². The lowest BCUT2D eigenvalue weighted by Crippen LogP contribution is -2.03. The SMILES string of the molecule is CN/N=C(\C)c1ccc(O)cc1O. The molecule has 70 valence electrons. The summed E-state index contributed by atoms with van der Waals surface area (Å²) in [4.78, 5) is 0. The van der Waals surface area contributed by atoms with Crippen molar-refractivity contribution in [2.45, 2.75) is 6.92 Å². The van der Waals surface area contributed by atoms with Gasteiger partial charge in [0.25, 0.3) is 0 Å². The molecule has 0 aromatic heterocycles. The van der Waals surface area contributed by atoms with Crippen molar-refractivity contribution in [2.75, 3.05) is 7.05 Å². The van der Waals surface area contributed by atoms with Crippen LogP contribution in [0.4, 0.5) is 0 Å². The van der Waals surface area contributed by atoms with Gasteiger partial charge in [-0.25, -0.2) is 0 Å². The normalized spacial score (nSPS) is 11.4. The predicted molar refractivity (Wildman–Crippen MR) is 51.0 cm³/mol. The first kappa shape index (κ1) is 9.38. The highest BCUT2D eigenvalue weighted by Crippen LogP contribution is 2.22. The lowest BCUT2D eigenvalue weighted by Gasteiger charge is -2.03. The van der Waals surface area contributed by atoms with Gasteiger partial charge in [-0.2, -0.15) is 5.10 Å². The molecule has 4 nitrogen and oxygen atoms in total. The van der Waals surface area contributed by atoms with Crippen molar-refractivity contribution < 1.29 is 10.2 Å². The highest BCUT2D eigenvalue weighted by molar-refractivity contribution is 6.00. The van der Waals surface area contributed by atoms with Gasteiger partial charge in [0.05, 0.1) is 5.71 Å². The summed E-state index contributed by atoms with van der Waals surface area (Å²) in [7, 11) is 1.68. The third kappa shape index (κ3) is 2.11. The number of nitrogens with zero attached hydrogens (tertiary/aromatic N) is 1. The Morgan fingerprint density at radius 1 is 1.38 bits per heavy atom. The monoisotopic (exact) mass is 180 g/mol. The molecule has 1 rings (SSSR count). The Hall–Kier alpha value is -1.71. The number of rotatable bonds is 2. The second kappa shape index (κ2) is 3.80. The van der Waals surface area contributed by atoms with Crippen molar-refractivity contribution >= 4 is 5.71 Å². The number of hydrogen-bond acceptors (Lipinski definition) is 4. The first-order valence-corrected chi connectivity index (χ1v) is 3.88. The predicted octanol–water partition coefficient (Wildman–Crippen LogP) is 1.04. The summed E-state index contributed by atoms with van der Waals surface area (Å²) in [5, 5.41) is 22.4. The van der Waals surface area contributed by atoms with Gasteiger partial charge in [0.2, 0.25) is 0 Å². The second-order valence-corrected chi connectivity index (χ2v) is 2.62. The Morgan fingerprint density at radius 3 is 2.62 bits per heavy atom. The van der Waals surface area contributed by atoms with Crippen LogP contribution in [-0.2, 0) is 0 Å². The molecule has 0 aliphatic rings. The van der Waals surface area contributed by atoms with Crippen LogP contribution < -0.4 is 5.43 Å². The second-order valence-electron chi connectivity index (χ2n) is 2.62. The van der Waals surface area contributed by atoms with Gasteiger partial charge in [-0.1, -0.05) is 0 Å². The van der Waals surface area contributed by atoms with E-state index in [4.69, 9.17) is 5.11 Å². The lowest BCUT2D eigenvalue weighted by molar-refractivity contribution is 0.450. The van der Waals surface area contributed by atoms with E-state index in [9.17, 15) is 5.11 Å². The van der Waals surface area contributed by atoms with Crippen LogP contribution in [0.5, 0.6) is 11.5 Å². The van der Waals surface area contributed by atoms with Crippen LogP contribution in [-0.4, -0.2) is 23.0 Å². The van der Waals surface area contributed by atoms with Crippen LogP contribution in [0.1, 0.15) is 12.5 Å². The van der Waals surface area contributed by atoms with E-state index in [2.05, 4.69) is 10.5 Å². The Balaban J connectivity index is 3.09. The molecule has 0 bridgehead atoms. The molecular weight excluding hydrogens is 168 g/mol. The maximum atomic E-state index is 9.42. The van der Waals surface area contributed by atoms with E-state index in [0.717, 1.165) is 0 Å². The number of nitrogens with one attached hydrogen (secondary N) is 1. The van der Waals surface area contributed by atoms with Gasteiger partial charge in [0.1, 0.15) is 11.5 Å². The van der Waals surface area contributed by atoms with Crippen molar-refractivity contribution in [3.8, 4) is 11.5 Å². The van der Waals surface area contributed by atoms with Gasteiger partial charge in [-0.05, 0) is 19.1 Å².